The minimum absolute atomic E-state index is 0.256. The highest BCUT2D eigenvalue weighted by Gasteiger charge is 2.11. The van der Waals surface area contributed by atoms with Crippen LogP contribution in [0.5, 0.6) is 5.75 Å². The molecule has 132 valence electrons. The highest BCUT2D eigenvalue weighted by atomic mass is 16.5. The number of hydrogen-bond acceptors (Lipinski definition) is 5. The van der Waals surface area contributed by atoms with Gasteiger partial charge in [0.2, 0.25) is 5.91 Å². The molecule has 0 aliphatic rings. The average Bonchev–Trinajstić information content (AvgIpc) is 2.65. The number of benzene rings is 2. The predicted octanol–water partition coefficient (Wildman–Crippen LogP) is 2.36. The van der Waals surface area contributed by atoms with Gasteiger partial charge in [-0.05, 0) is 42.0 Å². The molecule has 0 aliphatic carbocycles. The first-order valence-electron chi connectivity index (χ1n) is 7.88. The van der Waals surface area contributed by atoms with E-state index in [1.165, 1.54) is 7.11 Å². The standard InChI is InChI=1S/C19H22N2O4/c1-24-17-9-7-16(8-10-17)21(12-11-18(20)22)13-14-3-5-15(6-4-14)19(23)25-2/h3-10H,11-13H2,1-2H3,(H2,20,22). The van der Waals surface area contributed by atoms with Crippen LogP contribution in [0.4, 0.5) is 5.69 Å². The molecule has 0 unspecified atom stereocenters. The van der Waals surface area contributed by atoms with Gasteiger partial charge in [-0.1, -0.05) is 12.1 Å². The van der Waals surface area contributed by atoms with E-state index in [1.54, 1.807) is 19.2 Å². The monoisotopic (exact) mass is 342 g/mol. The number of nitrogens with two attached hydrogens (primary N) is 1. The van der Waals surface area contributed by atoms with E-state index in [9.17, 15) is 9.59 Å². The molecule has 6 heteroatoms. The van der Waals surface area contributed by atoms with Crippen molar-refractivity contribution in [3.63, 3.8) is 0 Å². The molecule has 0 radical (unpaired) electrons. The molecule has 2 N–H and O–H groups in total. The molecule has 2 rings (SSSR count). The van der Waals surface area contributed by atoms with Gasteiger partial charge in [0.1, 0.15) is 5.75 Å². The molecule has 0 spiro atoms. The van der Waals surface area contributed by atoms with E-state index in [2.05, 4.69) is 4.90 Å². The second-order valence-corrected chi connectivity index (χ2v) is 5.52. The number of anilines is 1. The molecular formula is C19H22N2O4. The number of carbonyl (C=O) groups excluding carboxylic acids is 2. The highest BCUT2D eigenvalue weighted by Crippen LogP contribution is 2.21. The molecule has 2 aromatic carbocycles. The summed E-state index contributed by atoms with van der Waals surface area (Å²) in [5.41, 5.74) is 7.75. The highest BCUT2D eigenvalue weighted by molar-refractivity contribution is 5.89. The Hall–Kier alpha value is -3.02. The number of hydrogen-bond donors (Lipinski definition) is 1. The maximum absolute atomic E-state index is 11.5. The summed E-state index contributed by atoms with van der Waals surface area (Å²) in [5, 5.41) is 0. The van der Waals surface area contributed by atoms with Crippen LogP contribution in [0.15, 0.2) is 48.5 Å². The van der Waals surface area contributed by atoms with Crippen molar-refractivity contribution in [2.24, 2.45) is 5.73 Å². The minimum Gasteiger partial charge on any atom is -0.497 e. The van der Waals surface area contributed by atoms with Gasteiger partial charge in [-0.2, -0.15) is 0 Å². The maximum atomic E-state index is 11.5. The number of rotatable bonds is 8. The molecule has 0 aliphatic heterocycles. The lowest BCUT2D eigenvalue weighted by atomic mass is 10.1. The zero-order valence-corrected chi connectivity index (χ0v) is 14.4. The van der Waals surface area contributed by atoms with E-state index < -0.39 is 0 Å². The third-order valence-electron chi connectivity index (χ3n) is 3.81. The molecule has 0 saturated carbocycles. The van der Waals surface area contributed by atoms with Gasteiger partial charge >= 0.3 is 5.97 Å². The summed E-state index contributed by atoms with van der Waals surface area (Å²) in [6, 6.07) is 14.8. The van der Waals surface area contributed by atoms with Crippen molar-refractivity contribution in [2.45, 2.75) is 13.0 Å². The molecule has 6 nitrogen and oxygen atoms in total. The number of amides is 1. The predicted molar refractivity (Wildman–Crippen MR) is 95.6 cm³/mol. The van der Waals surface area contributed by atoms with E-state index in [-0.39, 0.29) is 18.3 Å². The van der Waals surface area contributed by atoms with Crippen LogP contribution in [-0.4, -0.2) is 32.6 Å². The number of ether oxygens (including phenoxy) is 2. The first-order chi connectivity index (χ1) is 12.0. The molecule has 1 amide bonds. The van der Waals surface area contributed by atoms with Crippen molar-refractivity contribution >= 4 is 17.6 Å². The Bertz CT molecular complexity index is 711. The van der Waals surface area contributed by atoms with Crippen molar-refractivity contribution in [2.75, 3.05) is 25.7 Å². The number of primary amides is 1. The lowest BCUT2D eigenvalue weighted by Gasteiger charge is -2.25. The number of esters is 1. The fraction of sp³-hybridized carbons (Fsp3) is 0.263. The molecule has 25 heavy (non-hydrogen) atoms. The first-order valence-corrected chi connectivity index (χ1v) is 7.88. The van der Waals surface area contributed by atoms with Crippen LogP contribution in [0.2, 0.25) is 0 Å². The topological polar surface area (TPSA) is 81.9 Å². The SMILES string of the molecule is COC(=O)c1ccc(CN(CCC(N)=O)c2ccc(OC)cc2)cc1. The van der Waals surface area contributed by atoms with E-state index >= 15 is 0 Å². The fourth-order valence-electron chi connectivity index (χ4n) is 2.42. The number of nitrogens with zero attached hydrogens (tertiary/aromatic N) is 1. The minimum atomic E-state index is -0.368. The summed E-state index contributed by atoms with van der Waals surface area (Å²) >= 11 is 0. The van der Waals surface area contributed by atoms with Crippen LogP contribution in [-0.2, 0) is 16.1 Å². The van der Waals surface area contributed by atoms with Crippen molar-refractivity contribution in [3.8, 4) is 5.75 Å². The average molecular weight is 342 g/mol. The molecule has 0 fully saturated rings. The van der Waals surface area contributed by atoms with Crippen LogP contribution in [0, 0.1) is 0 Å². The van der Waals surface area contributed by atoms with Crippen LogP contribution >= 0.6 is 0 Å². The summed E-state index contributed by atoms with van der Waals surface area (Å²) in [7, 11) is 2.97. The largest absolute Gasteiger partial charge is 0.497 e. The molecule has 0 bridgehead atoms. The second kappa shape index (κ2) is 8.73. The summed E-state index contributed by atoms with van der Waals surface area (Å²) < 4.78 is 9.88. The van der Waals surface area contributed by atoms with E-state index in [0.29, 0.717) is 18.7 Å². The van der Waals surface area contributed by atoms with Crippen LogP contribution in [0.1, 0.15) is 22.3 Å². The smallest absolute Gasteiger partial charge is 0.337 e. The number of methoxy groups -OCH3 is 2. The third kappa shape index (κ3) is 5.24. The van der Waals surface area contributed by atoms with Gasteiger partial charge in [-0.3, -0.25) is 4.79 Å². The van der Waals surface area contributed by atoms with E-state index in [1.807, 2.05) is 36.4 Å². The van der Waals surface area contributed by atoms with E-state index in [0.717, 1.165) is 17.0 Å². The Balaban J connectivity index is 2.16. The van der Waals surface area contributed by atoms with Gasteiger partial charge in [0.15, 0.2) is 0 Å². The van der Waals surface area contributed by atoms with Gasteiger partial charge in [0.05, 0.1) is 19.8 Å². The number of carbonyl (C=O) groups is 2. The van der Waals surface area contributed by atoms with Crippen molar-refractivity contribution in [1.82, 2.24) is 0 Å². The fourth-order valence-corrected chi connectivity index (χ4v) is 2.42. The normalized spacial score (nSPS) is 10.2. The van der Waals surface area contributed by atoms with Gasteiger partial charge in [0, 0.05) is 25.2 Å². The molecule has 0 saturated heterocycles. The lowest BCUT2D eigenvalue weighted by molar-refractivity contribution is -0.117. The van der Waals surface area contributed by atoms with Gasteiger partial charge in [0.25, 0.3) is 0 Å². The van der Waals surface area contributed by atoms with Crippen molar-refractivity contribution < 1.29 is 19.1 Å². The zero-order valence-electron chi connectivity index (χ0n) is 14.4. The van der Waals surface area contributed by atoms with Crippen LogP contribution in [0.3, 0.4) is 0 Å². The Kier molecular flexibility index (Phi) is 6.39. The summed E-state index contributed by atoms with van der Waals surface area (Å²) in [5.74, 6) is 0.0490. The van der Waals surface area contributed by atoms with Gasteiger partial charge < -0.3 is 20.1 Å². The summed E-state index contributed by atoms with van der Waals surface area (Å²) in [6.45, 7) is 1.08. The van der Waals surface area contributed by atoms with Crippen LogP contribution in [0.25, 0.3) is 0 Å². The molecule has 0 atom stereocenters. The summed E-state index contributed by atoms with van der Waals surface area (Å²) in [6.07, 6.45) is 0.256. The third-order valence-corrected chi connectivity index (χ3v) is 3.81. The maximum Gasteiger partial charge on any atom is 0.337 e. The quantitative estimate of drug-likeness (QED) is 0.745. The molecule has 2 aromatic rings. The van der Waals surface area contributed by atoms with Gasteiger partial charge in [-0.15, -0.1) is 0 Å². The summed E-state index contributed by atoms with van der Waals surface area (Å²) in [4.78, 5) is 24.7. The molecular weight excluding hydrogens is 320 g/mol. The first kappa shape index (κ1) is 18.3. The Labute approximate surface area is 147 Å². The Morgan fingerprint density at radius 2 is 1.64 bits per heavy atom. The van der Waals surface area contributed by atoms with E-state index in [4.69, 9.17) is 15.2 Å². The molecule has 0 heterocycles. The van der Waals surface area contributed by atoms with Gasteiger partial charge in [-0.25, -0.2) is 4.79 Å². The Morgan fingerprint density at radius 1 is 1.00 bits per heavy atom. The Morgan fingerprint density at radius 3 is 2.16 bits per heavy atom. The van der Waals surface area contributed by atoms with Crippen molar-refractivity contribution in [3.05, 3.63) is 59.7 Å². The lowest BCUT2D eigenvalue weighted by Crippen LogP contribution is -2.27. The van der Waals surface area contributed by atoms with Crippen LogP contribution < -0.4 is 15.4 Å². The van der Waals surface area contributed by atoms with Crippen molar-refractivity contribution in [1.29, 1.82) is 0 Å². The molecule has 0 aromatic heterocycles. The zero-order chi connectivity index (χ0) is 18.2. The second-order valence-electron chi connectivity index (χ2n) is 5.52.